The zero-order chi connectivity index (χ0) is 11.7. The summed E-state index contributed by atoms with van der Waals surface area (Å²) in [4.78, 5) is 10.5. The lowest BCUT2D eigenvalue weighted by Crippen LogP contribution is -2.29. The van der Waals surface area contributed by atoms with Crippen molar-refractivity contribution in [2.75, 3.05) is 0 Å². The van der Waals surface area contributed by atoms with Crippen LogP contribution in [0.25, 0.3) is 0 Å². The Morgan fingerprint density at radius 2 is 1.80 bits per heavy atom. The summed E-state index contributed by atoms with van der Waals surface area (Å²) in [5.74, 6) is -0.344. The highest BCUT2D eigenvalue weighted by molar-refractivity contribution is 5.74. The lowest BCUT2D eigenvalue weighted by molar-refractivity contribution is -0.118. The van der Waals surface area contributed by atoms with Gasteiger partial charge in [0.05, 0.1) is 0 Å². The van der Waals surface area contributed by atoms with E-state index in [2.05, 4.69) is 0 Å². The zero-order valence-electron chi connectivity index (χ0n) is 9.44. The lowest BCUT2D eigenvalue weighted by atomic mass is 10.0. The van der Waals surface area contributed by atoms with Gasteiger partial charge in [0, 0.05) is 12.5 Å². The molecule has 3 heteroatoms. The fourth-order valence-corrected chi connectivity index (χ4v) is 1.25. The monoisotopic (exact) mass is 208 g/mol. The van der Waals surface area contributed by atoms with Crippen LogP contribution in [0.3, 0.4) is 0 Å². The van der Waals surface area contributed by atoms with Crippen molar-refractivity contribution in [2.45, 2.75) is 32.7 Å². The van der Waals surface area contributed by atoms with Gasteiger partial charge in [-0.2, -0.15) is 0 Å². The van der Waals surface area contributed by atoms with Crippen LogP contribution >= 0.6 is 0 Å². The number of nitrogens with two attached hydrogens (primary N) is 2. The number of primary amides is 1. The SMILES string of the molecule is CC.NC(=O)CC(N)Cc1ccccc1. The van der Waals surface area contributed by atoms with Gasteiger partial charge in [-0.25, -0.2) is 0 Å². The molecule has 0 bridgehead atoms. The molecule has 1 atom stereocenters. The van der Waals surface area contributed by atoms with E-state index in [4.69, 9.17) is 11.5 Å². The largest absolute Gasteiger partial charge is 0.370 e. The first-order valence-corrected chi connectivity index (χ1v) is 5.26. The molecule has 0 aliphatic rings. The summed E-state index contributed by atoms with van der Waals surface area (Å²) in [5, 5.41) is 0. The third-order valence-electron chi connectivity index (χ3n) is 1.80. The minimum atomic E-state index is -0.344. The normalized spacial score (nSPS) is 11.1. The summed E-state index contributed by atoms with van der Waals surface area (Å²) >= 11 is 0. The standard InChI is InChI=1S/C10H14N2O.C2H6/c11-9(7-10(12)13)6-8-4-2-1-3-5-8;1-2/h1-5,9H,6-7,11H2,(H2,12,13);1-2H3. The molecule has 15 heavy (non-hydrogen) atoms. The Labute approximate surface area is 91.5 Å². The second-order valence-corrected chi connectivity index (χ2v) is 3.12. The predicted octanol–water partition coefficient (Wildman–Crippen LogP) is 1.46. The molecule has 1 aromatic carbocycles. The Morgan fingerprint density at radius 3 is 2.27 bits per heavy atom. The molecule has 0 aromatic heterocycles. The first-order chi connectivity index (χ1) is 7.18. The maximum absolute atomic E-state index is 10.5. The van der Waals surface area contributed by atoms with Gasteiger partial charge >= 0.3 is 0 Å². The van der Waals surface area contributed by atoms with Crippen LogP contribution in [0.2, 0.25) is 0 Å². The molecular formula is C12H20N2O. The molecule has 0 saturated heterocycles. The van der Waals surface area contributed by atoms with Crippen molar-refractivity contribution in [1.29, 1.82) is 0 Å². The summed E-state index contributed by atoms with van der Waals surface area (Å²) in [6, 6.07) is 9.66. The first kappa shape index (κ1) is 13.7. The van der Waals surface area contributed by atoms with Crippen molar-refractivity contribution in [3.05, 3.63) is 35.9 Å². The van der Waals surface area contributed by atoms with Crippen LogP contribution in [-0.2, 0) is 11.2 Å². The van der Waals surface area contributed by atoms with Gasteiger partial charge < -0.3 is 11.5 Å². The minimum absolute atomic E-state index is 0.167. The zero-order valence-corrected chi connectivity index (χ0v) is 9.44. The molecule has 1 amide bonds. The van der Waals surface area contributed by atoms with E-state index in [1.165, 1.54) is 0 Å². The summed E-state index contributed by atoms with van der Waals surface area (Å²) in [6.45, 7) is 4.00. The Hall–Kier alpha value is -1.35. The second kappa shape index (κ2) is 8.00. The van der Waals surface area contributed by atoms with Gasteiger partial charge in [0.25, 0.3) is 0 Å². The van der Waals surface area contributed by atoms with Crippen LogP contribution in [-0.4, -0.2) is 11.9 Å². The molecule has 1 rings (SSSR count). The fourth-order valence-electron chi connectivity index (χ4n) is 1.25. The number of hydrogen-bond donors (Lipinski definition) is 2. The minimum Gasteiger partial charge on any atom is -0.370 e. The Morgan fingerprint density at radius 1 is 1.27 bits per heavy atom. The van der Waals surface area contributed by atoms with Crippen LogP contribution in [0.15, 0.2) is 30.3 Å². The molecule has 4 N–H and O–H groups in total. The highest BCUT2D eigenvalue weighted by Gasteiger charge is 2.06. The Balaban J connectivity index is 0.000000921. The third-order valence-corrected chi connectivity index (χ3v) is 1.80. The van der Waals surface area contributed by atoms with E-state index in [1.54, 1.807) is 0 Å². The van der Waals surface area contributed by atoms with Crippen LogP contribution in [0, 0.1) is 0 Å². The number of hydrogen-bond acceptors (Lipinski definition) is 2. The molecule has 3 nitrogen and oxygen atoms in total. The van der Waals surface area contributed by atoms with Crippen LogP contribution < -0.4 is 11.5 Å². The van der Waals surface area contributed by atoms with E-state index in [0.717, 1.165) is 5.56 Å². The van der Waals surface area contributed by atoms with E-state index in [9.17, 15) is 4.79 Å². The molecule has 0 fully saturated rings. The lowest BCUT2D eigenvalue weighted by Gasteiger charge is -2.08. The van der Waals surface area contributed by atoms with Crippen molar-refractivity contribution in [3.8, 4) is 0 Å². The quantitative estimate of drug-likeness (QED) is 0.786. The predicted molar refractivity (Wildman–Crippen MR) is 63.3 cm³/mol. The van der Waals surface area contributed by atoms with Crippen LogP contribution in [0.4, 0.5) is 0 Å². The van der Waals surface area contributed by atoms with Gasteiger partial charge in [-0.1, -0.05) is 44.2 Å². The van der Waals surface area contributed by atoms with Crippen molar-refractivity contribution in [1.82, 2.24) is 0 Å². The van der Waals surface area contributed by atoms with E-state index < -0.39 is 0 Å². The number of amides is 1. The van der Waals surface area contributed by atoms with Crippen LogP contribution in [0.1, 0.15) is 25.8 Å². The van der Waals surface area contributed by atoms with Crippen molar-refractivity contribution >= 4 is 5.91 Å². The van der Waals surface area contributed by atoms with E-state index in [-0.39, 0.29) is 18.4 Å². The molecule has 0 radical (unpaired) electrons. The van der Waals surface area contributed by atoms with E-state index in [0.29, 0.717) is 6.42 Å². The van der Waals surface area contributed by atoms with Gasteiger partial charge in [-0.05, 0) is 12.0 Å². The average molecular weight is 208 g/mol. The highest BCUT2D eigenvalue weighted by Crippen LogP contribution is 2.03. The summed E-state index contributed by atoms with van der Waals surface area (Å²) in [5.41, 5.74) is 11.9. The van der Waals surface area contributed by atoms with Gasteiger partial charge in [0.1, 0.15) is 0 Å². The van der Waals surface area contributed by atoms with Crippen molar-refractivity contribution in [3.63, 3.8) is 0 Å². The topological polar surface area (TPSA) is 69.1 Å². The molecule has 1 aromatic rings. The molecule has 84 valence electrons. The smallest absolute Gasteiger partial charge is 0.218 e. The number of rotatable bonds is 4. The van der Waals surface area contributed by atoms with Gasteiger partial charge in [0.15, 0.2) is 0 Å². The maximum Gasteiger partial charge on any atom is 0.218 e. The second-order valence-electron chi connectivity index (χ2n) is 3.12. The number of carbonyl (C=O) groups excluding carboxylic acids is 1. The summed E-state index contributed by atoms with van der Waals surface area (Å²) < 4.78 is 0. The number of carbonyl (C=O) groups is 1. The first-order valence-electron chi connectivity index (χ1n) is 5.26. The van der Waals surface area contributed by atoms with Crippen molar-refractivity contribution in [2.24, 2.45) is 11.5 Å². The van der Waals surface area contributed by atoms with Gasteiger partial charge in [-0.15, -0.1) is 0 Å². The molecule has 0 heterocycles. The molecule has 1 unspecified atom stereocenters. The maximum atomic E-state index is 10.5. The van der Waals surface area contributed by atoms with Gasteiger partial charge in [-0.3, -0.25) is 4.79 Å². The highest BCUT2D eigenvalue weighted by atomic mass is 16.1. The Kier molecular flexibility index (Phi) is 7.28. The summed E-state index contributed by atoms with van der Waals surface area (Å²) in [7, 11) is 0. The molecule has 0 spiro atoms. The van der Waals surface area contributed by atoms with Crippen molar-refractivity contribution < 1.29 is 4.79 Å². The fraction of sp³-hybridized carbons (Fsp3) is 0.417. The van der Waals surface area contributed by atoms with E-state index in [1.807, 2.05) is 44.2 Å². The molecular weight excluding hydrogens is 188 g/mol. The number of benzene rings is 1. The van der Waals surface area contributed by atoms with Crippen LogP contribution in [0.5, 0.6) is 0 Å². The molecule has 0 aliphatic carbocycles. The average Bonchev–Trinajstić information content (AvgIpc) is 2.21. The van der Waals surface area contributed by atoms with E-state index >= 15 is 0 Å². The molecule has 0 aliphatic heterocycles. The molecule has 0 saturated carbocycles. The Bertz CT molecular complexity index is 272. The summed E-state index contributed by atoms with van der Waals surface area (Å²) in [6.07, 6.45) is 0.943. The third kappa shape index (κ3) is 6.69. The van der Waals surface area contributed by atoms with Gasteiger partial charge in [0.2, 0.25) is 5.91 Å².